The molecule has 4 amide bonds. The molecule has 0 spiro atoms. The van der Waals surface area contributed by atoms with Gasteiger partial charge < -0.3 is 10.6 Å². The summed E-state index contributed by atoms with van der Waals surface area (Å²) in [5.74, 6) is -0.937. The fourth-order valence-corrected chi connectivity index (χ4v) is 3.78. The Morgan fingerprint density at radius 2 is 1.74 bits per heavy atom. The van der Waals surface area contributed by atoms with Gasteiger partial charge in [0.25, 0.3) is 5.91 Å². The summed E-state index contributed by atoms with van der Waals surface area (Å²) < 4.78 is 0. The molecule has 0 bridgehead atoms. The first kappa shape index (κ1) is 22.8. The van der Waals surface area contributed by atoms with E-state index in [4.69, 9.17) is 11.6 Å². The summed E-state index contributed by atoms with van der Waals surface area (Å²) in [5, 5.41) is 6.04. The molecule has 2 unspecified atom stereocenters. The van der Waals surface area contributed by atoms with Gasteiger partial charge in [0.1, 0.15) is 11.6 Å². The van der Waals surface area contributed by atoms with E-state index in [2.05, 4.69) is 31.4 Å². The van der Waals surface area contributed by atoms with Gasteiger partial charge in [-0.2, -0.15) is 0 Å². The number of amides is 4. The fraction of sp³-hybridized carbons (Fsp3) is 0.375. The number of benzene rings is 2. The van der Waals surface area contributed by atoms with Crippen molar-refractivity contribution in [3.05, 3.63) is 64.2 Å². The Bertz CT molecular complexity index is 1040. The molecule has 1 saturated heterocycles. The largest absolute Gasteiger partial charge is 0.326 e. The first-order valence-electron chi connectivity index (χ1n) is 10.2. The topological polar surface area (TPSA) is 78.5 Å². The van der Waals surface area contributed by atoms with Crippen molar-refractivity contribution >= 4 is 35.1 Å². The van der Waals surface area contributed by atoms with Gasteiger partial charge >= 0.3 is 6.03 Å². The highest BCUT2D eigenvalue weighted by atomic mass is 35.5. The van der Waals surface area contributed by atoms with E-state index >= 15 is 0 Å². The molecule has 2 aromatic rings. The van der Waals surface area contributed by atoms with E-state index in [0.29, 0.717) is 21.8 Å². The van der Waals surface area contributed by atoms with E-state index in [1.807, 2.05) is 24.3 Å². The standard InChI is InChI=1S/C24H28ClN3O3/c1-14-18(25)8-7-9-19(14)26-20(29)15(2)28-21(30)24(6,27-22(28)31)17-12-10-16(11-13-17)23(3,4)5/h7-13,15H,1-6H3,(H,26,29)(H,27,31). The molecule has 0 radical (unpaired) electrons. The van der Waals surface area contributed by atoms with Crippen molar-refractivity contribution in [3.63, 3.8) is 0 Å². The Labute approximate surface area is 188 Å². The van der Waals surface area contributed by atoms with Crippen LogP contribution in [-0.2, 0) is 20.5 Å². The van der Waals surface area contributed by atoms with Crippen LogP contribution in [0, 0.1) is 6.92 Å². The smallest absolute Gasteiger partial charge is 0.324 e. The van der Waals surface area contributed by atoms with Gasteiger partial charge in [-0.15, -0.1) is 0 Å². The summed E-state index contributed by atoms with van der Waals surface area (Å²) in [5.41, 5.74) is 1.77. The number of hydrogen-bond donors (Lipinski definition) is 2. The number of urea groups is 1. The molecule has 2 atom stereocenters. The molecule has 3 rings (SSSR count). The Balaban J connectivity index is 1.83. The predicted octanol–water partition coefficient (Wildman–Crippen LogP) is 4.74. The minimum Gasteiger partial charge on any atom is -0.324 e. The van der Waals surface area contributed by atoms with Gasteiger partial charge in [-0.1, -0.05) is 62.7 Å². The van der Waals surface area contributed by atoms with Gasteiger partial charge in [0.05, 0.1) is 0 Å². The van der Waals surface area contributed by atoms with E-state index in [1.165, 1.54) is 6.92 Å². The highest BCUT2D eigenvalue weighted by Crippen LogP contribution is 2.32. The maximum Gasteiger partial charge on any atom is 0.326 e. The van der Waals surface area contributed by atoms with Crippen molar-refractivity contribution in [2.75, 3.05) is 5.32 Å². The van der Waals surface area contributed by atoms with E-state index in [0.717, 1.165) is 10.5 Å². The van der Waals surface area contributed by atoms with Gasteiger partial charge in [0.15, 0.2) is 0 Å². The Morgan fingerprint density at radius 1 is 1.13 bits per heavy atom. The quantitative estimate of drug-likeness (QED) is 0.672. The first-order chi connectivity index (χ1) is 14.4. The summed E-state index contributed by atoms with van der Waals surface area (Å²) in [7, 11) is 0. The van der Waals surface area contributed by atoms with E-state index < -0.39 is 29.4 Å². The lowest BCUT2D eigenvalue weighted by Crippen LogP contribution is -2.47. The van der Waals surface area contributed by atoms with E-state index in [-0.39, 0.29) is 5.41 Å². The normalized spacial score (nSPS) is 19.9. The number of rotatable bonds is 4. The first-order valence-corrected chi connectivity index (χ1v) is 10.6. The summed E-state index contributed by atoms with van der Waals surface area (Å²) in [6.45, 7) is 11.3. The van der Waals surface area contributed by atoms with Crippen molar-refractivity contribution in [1.29, 1.82) is 0 Å². The molecule has 31 heavy (non-hydrogen) atoms. The second-order valence-electron chi connectivity index (χ2n) is 9.14. The molecular formula is C24H28ClN3O3. The van der Waals surface area contributed by atoms with Crippen LogP contribution >= 0.6 is 11.6 Å². The van der Waals surface area contributed by atoms with Gasteiger partial charge in [-0.3, -0.25) is 9.59 Å². The monoisotopic (exact) mass is 441 g/mol. The number of nitrogens with zero attached hydrogens (tertiary/aromatic N) is 1. The summed E-state index contributed by atoms with van der Waals surface area (Å²) >= 11 is 6.11. The zero-order valence-corrected chi connectivity index (χ0v) is 19.4. The number of halogens is 1. The lowest BCUT2D eigenvalue weighted by Gasteiger charge is -2.26. The molecule has 6 nitrogen and oxygen atoms in total. The third-order valence-corrected chi connectivity index (χ3v) is 6.25. The minimum atomic E-state index is -1.24. The maximum absolute atomic E-state index is 13.3. The molecule has 1 heterocycles. The van der Waals surface area contributed by atoms with Gasteiger partial charge in [-0.25, -0.2) is 9.69 Å². The fourth-order valence-electron chi connectivity index (χ4n) is 3.61. The van der Waals surface area contributed by atoms with Crippen LogP contribution in [0.2, 0.25) is 5.02 Å². The average molecular weight is 442 g/mol. The predicted molar refractivity (Wildman–Crippen MR) is 122 cm³/mol. The van der Waals surface area contributed by atoms with Crippen molar-refractivity contribution < 1.29 is 14.4 Å². The van der Waals surface area contributed by atoms with Gasteiger partial charge in [0.2, 0.25) is 5.91 Å². The van der Waals surface area contributed by atoms with Crippen LogP contribution < -0.4 is 10.6 Å². The van der Waals surface area contributed by atoms with Crippen molar-refractivity contribution in [2.45, 2.75) is 58.5 Å². The summed E-state index contributed by atoms with van der Waals surface area (Å²) in [6, 6.07) is 11.2. The van der Waals surface area contributed by atoms with E-state index in [1.54, 1.807) is 32.0 Å². The number of carbonyl (C=O) groups excluding carboxylic acids is 3. The zero-order valence-electron chi connectivity index (χ0n) is 18.7. The Morgan fingerprint density at radius 3 is 2.32 bits per heavy atom. The van der Waals surface area contributed by atoms with Crippen LogP contribution in [0.4, 0.5) is 10.5 Å². The molecule has 2 aromatic carbocycles. The molecule has 0 saturated carbocycles. The van der Waals surface area contributed by atoms with Gasteiger partial charge in [0, 0.05) is 10.7 Å². The number of hydrogen-bond acceptors (Lipinski definition) is 3. The zero-order chi connectivity index (χ0) is 23.1. The number of imide groups is 1. The van der Waals surface area contributed by atoms with E-state index in [9.17, 15) is 14.4 Å². The second kappa shape index (κ2) is 8.00. The van der Waals surface area contributed by atoms with Crippen LogP contribution in [0.1, 0.15) is 51.3 Å². The van der Waals surface area contributed by atoms with Crippen LogP contribution in [0.15, 0.2) is 42.5 Å². The molecule has 1 fully saturated rings. The van der Waals surface area contributed by atoms with Gasteiger partial charge in [-0.05, 0) is 55.0 Å². The molecular weight excluding hydrogens is 414 g/mol. The lowest BCUT2D eigenvalue weighted by atomic mass is 9.84. The molecule has 1 aliphatic rings. The minimum absolute atomic E-state index is 0.0283. The SMILES string of the molecule is Cc1c(Cl)cccc1NC(=O)C(C)N1C(=O)NC(C)(c2ccc(C(C)(C)C)cc2)C1=O. The summed E-state index contributed by atoms with van der Waals surface area (Å²) in [4.78, 5) is 39.8. The maximum atomic E-state index is 13.3. The van der Waals surface area contributed by atoms with Crippen LogP contribution in [0.5, 0.6) is 0 Å². The van der Waals surface area contributed by atoms with Crippen molar-refractivity contribution in [2.24, 2.45) is 0 Å². The molecule has 7 heteroatoms. The highest BCUT2D eigenvalue weighted by Gasteiger charge is 2.51. The molecule has 0 aliphatic carbocycles. The number of carbonyl (C=O) groups is 3. The summed E-state index contributed by atoms with van der Waals surface area (Å²) in [6.07, 6.45) is 0. The van der Waals surface area contributed by atoms with Crippen LogP contribution in [0.25, 0.3) is 0 Å². The third-order valence-electron chi connectivity index (χ3n) is 5.84. The average Bonchev–Trinajstić information content (AvgIpc) is 2.93. The van der Waals surface area contributed by atoms with Crippen LogP contribution in [0.3, 0.4) is 0 Å². The Kier molecular flexibility index (Phi) is 5.89. The number of nitrogens with one attached hydrogen (secondary N) is 2. The Hall–Kier alpha value is -2.86. The molecule has 1 aliphatic heterocycles. The molecule has 2 N–H and O–H groups in total. The number of anilines is 1. The lowest BCUT2D eigenvalue weighted by molar-refractivity contribution is -0.136. The van der Waals surface area contributed by atoms with Crippen LogP contribution in [-0.4, -0.2) is 28.8 Å². The third kappa shape index (κ3) is 4.17. The second-order valence-corrected chi connectivity index (χ2v) is 9.54. The highest BCUT2D eigenvalue weighted by molar-refractivity contribution is 6.31. The molecule has 164 valence electrons. The van der Waals surface area contributed by atoms with Crippen molar-refractivity contribution in [1.82, 2.24) is 10.2 Å². The van der Waals surface area contributed by atoms with Crippen molar-refractivity contribution in [3.8, 4) is 0 Å². The molecule has 0 aromatic heterocycles.